The van der Waals surface area contributed by atoms with E-state index in [4.69, 9.17) is 4.74 Å². The molecule has 0 radical (unpaired) electrons. The van der Waals surface area contributed by atoms with E-state index < -0.39 is 11.8 Å². The highest BCUT2D eigenvalue weighted by atomic mass is 16.5. The van der Waals surface area contributed by atoms with E-state index in [9.17, 15) is 14.4 Å². The standard InChI is InChI=1S/C16H22N4O4/c21-14(18-19-16(23)13-6-5-7-17-10-13)11-24-12-15(22)20-8-3-1-2-4-9-20/h5-7,10H,1-4,8-9,11-12H2,(H,18,21)(H,19,23). The van der Waals surface area contributed by atoms with Crippen LogP contribution in [0.15, 0.2) is 24.5 Å². The largest absolute Gasteiger partial charge is 0.362 e. The van der Waals surface area contributed by atoms with E-state index in [0.717, 1.165) is 38.8 Å². The molecule has 0 aromatic carbocycles. The lowest BCUT2D eigenvalue weighted by molar-refractivity contribution is -0.138. The van der Waals surface area contributed by atoms with Crippen LogP contribution in [0.4, 0.5) is 0 Å². The zero-order chi connectivity index (χ0) is 17.2. The van der Waals surface area contributed by atoms with Gasteiger partial charge in [-0.1, -0.05) is 12.8 Å². The van der Waals surface area contributed by atoms with Crippen LogP contribution in [0.25, 0.3) is 0 Å². The fourth-order valence-corrected chi connectivity index (χ4v) is 2.37. The molecule has 0 saturated carbocycles. The predicted molar refractivity (Wildman–Crippen MR) is 85.7 cm³/mol. The van der Waals surface area contributed by atoms with Gasteiger partial charge in [-0.3, -0.25) is 30.2 Å². The minimum atomic E-state index is -0.532. The van der Waals surface area contributed by atoms with Crippen LogP contribution in [0.5, 0.6) is 0 Å². The molecule has 3 amide bonds. The Kier molecular flexibility index (Phi) is 7.16. The second-order valence-corrected chi connectivity index (χ2v) is 5.53. The summed E-state index contributed by atoms with van der Waals surface area (Å²) in [5.41, 5.74) is 4.81. The molecule has 0 aliphatic carbocycles. The van der Waals surface area contributed by atoms with E-state index in [-0.39, 0.29) is 19.1 Å². The number of carbonyl (C=O) groups excluding carboxylic acids is 3. The highest BCUT2D eigenvalue weighted by molar-refractivity contribution is 5.95. The smallest absolute Gasteiger partial charge is 0.271 e. The summed E-state index contributed by atoms with van der Waals surface area (Å²) in [5, 5.41) is 0. The molecule has 1 aromatic heterocycles. The normalized spacial score (nSPS) is 14.6. The monoisotopic (exact) mass is 334 g/mol. The number of likely N-dealkylation sites (tertiary alicyclic amines) is 1. The van der Waals surface area contributed by atoms with E-state index >= 15 is 0 Å². The fraction of sp³-hybridized carbons (Fsp3) is 0.500. The first-order valence-electron chi connectivity index (χ1n) is 8.01. The summed E-state index contributed by atoms with van der Waals surface area (Å²) < 4.78 is 5.12. The van der Waals surface area contributed by atoms with Crippen LogP contribution >= 0.6 is 0 Å². The minimum Gasteiger partial charge on any atom is -0.362 e. The molecule has 8 heteroatoms. The molecule has 2 rings (SSSR count). The van der Waals surface area contributed by atoms with Crippen molar-refractivity contribution in [2.45, 2.75) is 25.7 Å². The Balaban J connectivity index is 1.62. The third kappa shape index (κ3) is 5.96. The van der Waals surface area contributed by atoms with Crippen molar-refractivity contribution in [3.63, 3.8) is 0 Å². The Hall–Kier alpha value is -2.48. The Morgan fingerprint density at radius 1 is 1.08 bits per heavy atom. The van der Waals surface area contributed by atoms with Gasteiger partial charge in [-0.25, -0.2) is 0 Å². The number of pyridine rings is 1. The van der Waals surface area contributed by atoms with E-state index in [1.54, 1.807) is 23.2 Å². The molecule has 0 spiro atoms. The van der Waals surface area contributed by atoms with Crippen molar-refractivity contribution < 1.29 is 19.1 Å². The number of hydrazine groups is 1. The van der Waals surface area contributed by atoms with Crippen molar-refractivity contribution in [3.05, 3.63) is 30.1 Å². The third-order valence-corrected chi connectivity index (χ3v) is 3.66. The lowest BCUT2D eigenvalue weighted by Crippen LogP contribution is -2.44. The summed E-state index contributed by atoms with van der Waals surface area (Å²) in [5.74, 6) is -1.11. The first-order valence-corrected chi connectivity index (χ1v) is 8.01. The summed E-state index contributed by atoms with van der Waals surface area (Å²) in [7, 11) is 0. The van der Waals surface area contributed by atoms with Crippen LogP contribution in [-0.4, -0.2) is 53.9 Å². The lowest BCUT2D eigenvalue weighted by atomic mass is 10.2. The number of hydrogen-bond donors (Lipinski definition) is 2. The molecule has 24 heavy (non-hydrogen) atoms. The van der Waals surface area contributed by atoms with Crippen molar-refractivity contribution in [1.29, 1.82) is 0 Å². The van der Waals surface area contributed by atoms with Crippen molar-refractivity contribution in [2.75, 3.05) is 26.3 Å². The number of nitrogens with one attached hydrogen (secondary N) is 2. The Morgan fingerprint density at radius 3 is 2.50 bits per heavy atom. The molecule has 1 aliphatic rings. The molecule has 1 aromatic rings. The SMILES string of the molecule is O=C(COCC(=O)N1CCCCCC1)NNC(=O)c1cccnc1. The van der Waals surface area contributed by atoms with Gasteiger partial charge in [0.2, 0.25) is 5.91 Å². The van der Waals surface area contributed by atoms with E-state index in [1.807, 2.05) is 0 Å². The van der Waals surface area contributed by atoms with Crippen molar-refractivity contribution in [2.24, 2.45) is 0 Å². The van der Waals surface area contributed by atoms with Gasteiger partial charge < -0.3 is 9.64 Å². The number of aromatic nitrogens is 1. The number of amides is 3. The van der Waals surface area contributed by atoms with E-state index in [2.05, 4.69) is 15.8 Å². The van der Waals surface area contributed by atoms with Gasteiger partial charge >= 0.3 is 0 Å². The minimum absolute atomic E-state index is 0.107. The van der Waals surface area contributed by atoms with Crippen LogP contribution in [0.2, 0.25) is 0 Å². The number of hydrogen-bond acceptors (Lipinski definition) is 5. The second kappa shape index (κ2) is 9.61. The zero-order valence-electron chi connectivity index (χ0n) is 13.5. The molecule has 0 atom stereocenters. The maximum atomic E-state index is 12.0. The molecule has 2 heterocycles. The molecular weight excluding hydrogens is 312 g/mol. The highest BCUT2D eigenvalue weighted by Gasteiger charge is 2.16. The molecule has 8 nitrogen and oxygen atoms in total. The van der Waals surface area contributed by atoms with Crippen molar-refractivity contribution in [1.82, 2.24) is 20.7 Å². The molecular formula is C16H22N4O4. The number of rotatable bonds is 5. The van der Waals surface area contributed by atoms with Crippen molar-refractivity contribution >= 4 is 17.7 Å². The van der Waals surface area contributed by atoms with Gasteiger partial charge in [-0.2, -0.15) is 0 Å². The Labute approximate surface area is 140 Å². The van der Waals surface area contributed by atoms with Gasteiger partial charge in [0, 0.05) is 25.5 Å². The number of nitrogens with zero attached hydrogens (tertiary/aromatic N) is 2. The first-order chi connectivity index (χ1) is 11.7. The third-order valence-electron chi connectivity index (χ3n) is 3.66. The zero-order valence-corrected chi connectivity index (χ0v) is 13.5. The highest BCUT2D eigenvalue weighted by Crippen LogP contribution is 2.09. The number of carbonyl (C=O) groups is 3. The van der Waals surface area contributed by atoms with Gasteiger partial charge in [0.05, 0.1) is 5.56 Å². The van der Waals surface area contributed by atoms with Crippen molar-refractivity contribution in [3.8, 4) is 0 Å². The molecule has 1 saturated heterocycles. The predicted octanol–water partition coefficient (Wildman–Crippen LogP) is 0.262. The van der Waals surface area contributed by atoms with Crippen LogP contribution in [0.1, 0.15) is 36.0 Å². The van der Waals surface area contributed by atoms with Gasteiger partial charge in [-0.05, 0) is 25.0 Å². The molecule has 130 valence electrons. The van der Waals surface area contributed by atoms with Crippen LogP contribution in [-0.2, 0) is 14.3 Å². The fourth-order valence-electron chi connectivity index (χ4n) is 2.37. The lowest BCUT2D eigenvalue weighted by Gasteiger charge is -2.20. The quantitative estimate of drug-likeness (QED) is 0.753. The summed E-state index contributed by atoms with van der Waals surface area (Å²) in [4.78, 5) is 40.9. The van der Waals surface area contributed by atoms with Gasteiger partial charge in [0.1, 0.15) is 13.2 Å². The molecule has 2 N–H and O–H groups in total. The van der Waals surface area contributed by atoms with E-state index in [1.165, 1.54) is 6.20 Å². The maximum absolute atomic E-state index is 12.0. The van der Waals surface area contributed by atoms with Gasteiger partial charge in [0.25, 0.3) is 11.8 Å². The summed E-state index contributed by atoms with van der Waals surface area (Å²) in [6.07, 6.45) is 7.23. The average Bonchev–Trinajstić information content (AvgIpc) is 2.90. The van der Waals surface area contributed by atoms with Crippen LogP contribution in [0.3, 0.4) is 0 Å². The Morgan fingerprint density at radius 2 is 1.83 bits per heavy atom. The summed E-state index contributed by atoms with van der Waals surface area (Å²) >= 11 is 0. The summed E-state index contributed by atoms with van der Waals surface area (Å²) in [6, 6.07) is 3.19. The number of ether oxygens (including phenoxy) is 1. The molecule has 0 unspecified atom stereocenters. The average molecular weight is 334 g/mol. The van der Waals surface area contributed by atoms with Gasteiger partial charge in [-0.15, -0.1) is 0 Å². The molecule has 0 bridgehead atoms. The first kappa shape index (κ1) is 17.9. The second-order valence-electron chi connectivity index (χ2n) is 5.53. The molecule has 1 aliphatic heterocycles. The van der Waals surface area contributed by atoms with Crippen LogP contribution < -0.4 is 10.9 Å². The maximum Gasteiger partial charge on any atom is 0.271 e. The van der Waals surface area contributed by atoms with Crippen LogP contribution in [0, 0.1) is 0 Å². The van der Waals surface area contributed by atoms with Gasteiger partial charge in [0.15, 0.2) is 0 Å². The molecule has 1 fully saturated rings. The topological polar surface area (TPSA) is 101 Å². The van der Waals surface area contributed by atoms with E-state index in [0.29, 0.717) is 5.56 Å². The summed E-state index contributed by atoms with van der Waals surface area (Å²) in [6.45, 7) is 1.06. The Bertz CT molecular complexity index is 556.